The molecule has 0 aromatic heterocycles. The van der Waals surface area contributed by atoms with Gasteiger partial charge in [0.15, 0.2) is 0 Å². The average Bonchev–Trinajstić information content (AvgIpc) is 2.38. The third-order valence-corrected chi connectivity index (χ3v) is 2.03. The number of alkyl halides is 1. The van der Waals surface area contributed by atoms with E-state index >= 15 is 0 Å². The maximum atomic E-state index is 11.9. The lowest BCUT2D eigenvalue weighted by atomic mass is 9.98. The van der Waals surface area contributed by atoms with Crippen LogP contribution in [-0.2, 0) is 4.79 Å². The molecule has 0 saturated carbocycles. The number of primary amides is 1. The van der Waals surface area contributed by atoms with Gasteiger partial charge in [-0.3, -0.25) is 10.1 Å². The first-order valence-electron chi connectivity index (χ1n) is 3.53. The Hall–Kier alpha value is -0.680. The van der Waals surface area contributed by atoms with Crippen LogP contribution in [0.25, 0.3) is 0 Å². The van der Waals surface area contributed by atoms with Crippen LogP contribution >= 0.6 is 0 Å². The van der Waals surface area contributed by atoms with Gasteiger partial charge in [0.2, 0.25) is 5.91 Å². The minimum absolute atomic E-state index is 0.423. The zero-order chi connectivity index (χ0) is 8.32. The molecule has 0 radical (unpaired) electrons. The van der Waals surface area contributed by atoms with Crippen LogP contribution in [0.2, 0.25) is 0 Å². The maximum Gasteiger partial charge on any atom is 0.239 e. The van der Waals surface area contributed by atoms with E-state index in [0.29, 0.717) is 19.5 Å². The molecule has 0 spiro atoms. The van der Waals surface area contributed by atoms with Crippen molar-refractivity contribution in [1.82, 2.24) is 10.6 Å². The van der Waals surface area contributed by atoms with Gasteiger partial charge in [-0.05, 0) is 13.0 Å². The lowest BCUT2D eigenvalue weighted by Gasteiger charge is -2.23. The lowest BCUT2D eigenvalue weighted by Crippen LogP contribution is -2.56. The average molecular weight is 161 g/mol. The van der Waals surface area contributed by atoms with Crippen LogP contribution in [0.5, 0.6) is 0 Å². The van der Waals surface area contributed by atoms with Gasteiger partial charge in [-0.25, -0.2) is 4.39 Å². The van der Waals surface area contributed by atoms with E-state index in [0.717, 1.165) is 0 Å². The molecular formula is C6H12FN3O. The van der Waals surface area contributed by atoms with Crippen LogP contribution in [0.4, 0.5) is 4.39 Å². The zero-order valence-corrected chi connectivity index (χ0v) is 6.19. The molecule has 0 aliphatic carbocycles. The Bertz CT molecular complexity index is 156. The Kier molecular flexibility index (Phi) is 2.41. The molecule has 0 aromatic carbocycles. The SMILES string of the molecule is NC(=O)C1(NCF)CCNC1. The molecular weight excluding hydrogens is 149 g/mol. The van der Waals surface area contributed by atoms with Crippen molar-refractivity contribution in [2.24, 2.45) is 5.73 Å². The Labute approximate surface area is 64.3 Å². The van der Waals surface area contributed by atoms with Crippen molar-refractivity contribution in [1.29, 1.82) is 0 Å². The van der Waals surface area contributed by atoms with Crippen LogP contribution < -0.4 is 16.4 Å². The molecule has 1 fully saturated rings. The van der Waals surface area contributed by atoms with Gasteiger partial charge in [-0.15, -0.1) is 0 Å². The Morgan fingerprint density at radius 2 is 2.55 bits per heavy atom. The fraction of sp³-hybridized carbons (Fsp3) is 0.833. The smallest absolute Gasteiger partial charge is 0.239 e. The van der Waals surface area contributed by atoms with E-state index in [1.807, 2.05) is 0 Å². The third-order valence-electron chi connectivity index (χ3n) is 2.03. The van der Waals surface area contributed by atoms with Crippen LogP contribution in [0, 0.1) is 0 Å². The minimum atomic E-state index is -0.852. The molecule has 1 aliphatic heterocycles. The van der Waals surface area contributed by atoms with Crippen molar-refractivity contribution in [3.8, 4) is 0 Å². The quantitative estimate of drug-likeness (QED) is 0.452. The van der Waals surface area contributed by atoms with Crippen LogP contribution in [0.1, 0.15) is 6.42 Å². The lowest BCUT2D eigenvalue weighted by molar-refractivity contribution is -0.124. The monoisotopic (exact) mass is 161 g/mol. The van der Waals surface area contributed by atoms with Gasteiger partial charge in [0.1, 0.15) is 12.3 Å². The largest absolute Gasteiger partial charge is 0.368 e. The molecule has 0 bridgehead atoms. The summed E-state index contributed by atoms with van der Waals surface area (Å²) < 4.78 is 11.9. The van der Waals surface area contributed by atoms with Crippen molar-refractivity contribution >= 4 is 5.91 Å². The molecule has 5 heteroatoms. The molecule has 11 heavy (non-hydrogen) atoms. The van der Waals surface area contributed by atoms with E-state index in [9.17, 15) is 9.18 Å². The molecule has 1 heterocycles. The molecule has 4 N–H and O–H groups in total. The predicted molar refractivity (Wildman–Crippen MR) is 38.5 cm³/mol. The number of amides is 1. The topological polar surface area (TPSA) is 67.2 Å². The van der Waals surface area contributed by atoms with Crippen LogP contribution in [0.15, 0.2) is 0 Å². The van der Waals surface area contributed by atoms with Gasteiger partial charge in [0.05, 0.1) is 0 Å². The second-order valence-corrected chi connectivity index (χ2v) is 2.68. The highest BCUT2D eigenvalue weighted by molar-refractivity contribution is 5.85. The fourth-order valence-corrected chi connectivity index (χ4v) is 1.27. The highest BCUT2D eigenvalue weighted by atomic mass is 19.1. The van der Waals surface area contributed by atoms with Crippen molar-refractivity contribution in [3.05, 3.63) is 0 Å². The third kappa shape index (κ3) is 1.49. The Morgan fingerprint density at radius 3 is 2.91 bits per heavy atom. The number of halogens is 1. The fourth-order valence-electron chi connectivity index (χ4n) is 1.27. The summed E-state index contributed by atoms with van der Waals surface area (Å²) in [5.74, 6) is -0.486. The summed E-state index contributed by atoms with van der Waals surface area (Å²) in [6.07, 6.45) is 0.562. The number of nitrogens with two attached hydrogens (primary N) is 1. The van der Waals surface area contributed by atoms with Crippen molar-refractivity contribution in [3.63, 3.8) is 0 Å². The van der Waals surface area contributed by atoms with Crippen LogP contribution in [-0.4, -0.2) is 31.3 Å². The van der Waals surface area contributed by atoms with Gasteiger partial charge < -0.3 is 11.1 Å². The Morgan fingerprint density at radius 1 is 1.82 bits per heavy atom. The van der Waals surface area contributed by atoms with E-state index in [-0.39, 0.29) is 0 Å². The molecule has 1 unspecified atom stereocenters. The van der Waals surface area contributed by atoms with E-state index < -0.39 is 18.2 Å². The van der Waals surface area contributed by atoms with Gasteiger partial charge in [-0.1, -0.05) is 0 Å². The summed E-state index contributed by atoms with van der Waals surface area (Å²) in [6, 6.07) is 0. The van der Waals surface area contributed by atoms with Crippen molar-refractivity contribution < 1.29 is 9.18 Å². The van der Waals surface area contributed by atoms with Crippen LogP contribution in [0.3, 0.4) is 0 Å². The number of carbonyl (C=O) groups is 1. The first-order valence-corrected chi connectivity index (χ1v) is 3.53. The zero-order valence-electron chi connectivity index (χ0n) is 6.19. The first kappa shape index (κ1) is 8.42. The number of hydrogen-bond acceptors (Lipinski definition) is 3. The second kappa shape index (κ2) is 3.15. The molecule has 1 saturated heterocycles. The normalized spacial score (nSPS) is 30.6. The molecule has 1 aliphatic rings. The number of nitrogens with one attached hydrogen (secondary N) is 2. The summed E-state index contributed by atoms with van der Waals surface area (Å²) in [5, 5.41) is 5.40. The molecule has 1 atom stereocenters. The molecule has 4 nitrogen and oxygen atoms in total. The summed E-state index contributed by atoms with van der Waals surface area (Å²) in [6.45, 7) is 0.410. The maximum absolute atomic E-state index is 11.9. The number of hydrogen-bond donors (Lipinski definition) is 3. The summed E-state index contributed by atoms with van der Waals surface area (Å²) >= 11 is 0. The second-order valence-electron chi connectivity index (χ2n) is 2.68. The van der Waals surface area contributed by atoms with Gasteiger partial charge >= 0.3 is 0 Å². The van der Waals surface area contributed by atoms with E-state index in [4.69, 9.17) is 5.73 Å². The summed E-state index contributed by atoms with van der Waals surface area (Å²) in [5.41, 5.74) is 4.26. The number of rotatable bonds is 3. The molecule has 0 aromatic rings. The van der Waals surface area contributed by atoms with Crippen molar-refractivity contribution in [2.45, 2.75) is 12.0 Å². The minimum Gasteiger partial charge on any atom is -0.368 e. The van der Waals surface area contributed by atoms with Gasteiger partial charge in [-0.2, -0.15) is 0 Å². The molecule has 1 amide bonds. The number of carbonyl (C=O) groups excluding carboxylic acids is 1. The van der Waals surface area contributed by atoms with Crippen molar-refractivity contribution in [2.75, 3.05) is 19.9 Å². The Balaban J connectivity index is 2.62. The standard InChI is InChI=1S/C6H12FN3O/c7-4-10-6(5(8)11)1-2-9-3-6/h9-10H,1-4H2,(H2,8,11). The summed E-state index contributed by atoms with van der Waals surface area (Å²) in [4.78, 5) is 10.9. The van der Waals surface area contributed by atoms with Gasteiger partial charge in [0, 0.05) is 6.54 Å². The molecule has 64 valence electrons. The van der Waals surface area contributed by atoms with E-state index in [1.165, 1.54) is 0 Å². The highest BCUT2D eigenvalue weighted by Gasteiger charge is 2.38. The summed E-state index contributed by atoms with van der Waals surface area (Å²) in [7, 11) is 0. The van der Waals surface area contributed by atoms with Gasteiger partial charge in [0.25, 0.3) is 0 Å². The highest BCUT2D eigenvalue weighted by Crippen LogP contribution is 2.13. The first-order chi connectivity index (χ1) is 5.21. The predicted octanol–water partition coefficient (Wildman–Crippen LogP) is -1.28. The van der Waals surface area contributed by atoms with E-state index in [2.05, 4.69) is 10.6 Å². The van der Waals surface area contributed by atoms with E-state index in [1.54, 1.807) is 0 Å². The molecule has 1 rings (SSSR count).